The summed E-state index contributed by atoms with van der Waals surface area (Å²) in [4.78, 5) is 5.41. The van der Waals surface area contributed by atoms with E-state index in [9.17, 15) is 0 Å². The molecule has 4 rings (SSSR count). The minimum absolute atomic E-state index is 0.711. The second-order valence-corrected chi connectivity index (χ2v) is 8.63. The highest BCUT2D eigenvalue weighted by Gasteiger charge is 2.58. The molecule has 0 amide bonds. The van der Waals surface area contributed by atoms with E-state index in [0.717, 1.165) is 17.4 Å². The maximum absolute atomic E-state index is 2.77. The van der Waals surface area contributed by atoms with Gasteiger partial charge in [0.15, 0.2) is 0 Å². The Morgan fingerprint density at radius 3 is 2.10 bits per heavy atom. The molecular formula is C18H34N2. The zero-order chi connectivity index (χ0) is 14.4. The van der Waals surface area contributed by atoms with E-state index in [-0.39, 0.29) is 0 Å². The highest BCUT2D eigenvalue weighted by Crippen LogP contribution is 2.66. The van der Waals surface area contributed by atoms with Crippen LogP contribution in [0, 0.1) is 16.7 Å². The number of hydrogen-bond acceptors (Lipinski definition) is 2. The van der Waals surface area contributed by atoms with E-state index >= 15 is 0 Å². The lowest BCUT2D eigenvalue weighted by atomic mass is 9.42. The van der Waals surface area contributed by atoms with Gasteiger partial charge >= 0.3 is 0 Å². The van der Waals surface area contributed by atoms with Gasteiger partial charge in [-0.3, -0.25) is 4.90 Å². The summed E-state index contributed by atoms with van der Waals surface area (Å²) in [5.41, 5.74) is 1.44. The lowest BCUT2D eigenvalue weighted by molar-refractivity contribution is -0.138. The molecule has 4 aliphatic rings. The Kier molecular flexibility index (Phi) is 3.92. The predicted octanol–water partition coefficient (Wildman–Crippen LogP) is 3.62. The summed E-state index contributed by atoms with van der Waals surface area (Å²) in [5, 5.41) is 0. The standard InChI is InChI=1S/C18H34N2/c1-15(2)18-7-5-6-17(12-18,13-18)14-19-8-10-20(11-9-19)16(3)4/h15-16H,5-14H2,1-4H3. The Balaban J connectivity index is 1.53. The Labute approximate surface area is 125 Å². The van der Waals surface area contributed by atoms with E-state index < -0.39 is 0 Å². The van der Waals surface area contributed by atoms with Crippen molar-refractivity contribution in [2.75, 3.05) is 32.7 Å². The molecular weight excluding hydrogens is 244 g/mol. The van der Waals surface area contributed by atoms with E-state index in [0.29, 0.717) is 5.41 Å². The Morgan fingerprint density at radius 1 is 0.900 bits per heavy atom. The van der Waals surface area contributed by atoms with Crippen molar-refractivity contribution in [3.63, 3.8) is 0 Å². The van der Waals surface area contributed by atoms with Crippen molar-refractivity contribution < 1.29 is 0 Å². The van der Waals surface area contributed by atoms with Crippen molar-refractivity contribution in [2.24, 2.45) is 16.7 Å². The quantitative estimate of drug-likeness (QED) is 0.775. The fourth-order valence-electron chi connectivity index (χ4n) is 5.41. The molecule has 3 aliphatic carbocycles. The van der Waals surface area contributed by atoms with Gasteiger partial charge < -0.3 is 4.90 Å². The van der Waals surface area contributed by atoms with Crippen LogP contribution in [0.4, 0.5) is 0 Å². The van der Waals surface area contributed by atoms with Crippen molar-refractivity contribution >= 4 is 0 Å². The van der Waals surface area contributed by atoms with Crippen molar-refractivity contribution in [1.82, 2.24) is 9.80 Å². The summed E-state index contributed by atoms with van der Waals surface area (Å²) in [7, 11) is 0. The lowest BCUT2D eigenvalue weighted by Crippen LogP contribution is -2.59. The molecule has 20 heavy (non-hydrogen) atoms. The van der Waals surface area contributed by atoms with Gasteiger partial charge in [-0.2, -0.15) is 0 Å². The van der Waals surface area contributed by atoms with Crippen LogP contribution < -0.4 is 0 Å². The normalized spacial score (nSPS) is 39.3. The number of piperazine rings is 1. The molecule has 0 N–H and O–H groups in total. The van der Waals surface area contributed by atoms with Crippen LogP contribution in [0.5, 0.6) is 0 Å². The molecule has 3 saturated carbocycles. The summed E-state index contributed by atoms with van der Waals surface area (Å²) in [5.74, 6) is 0.897. The molecule has 0 spiro atoms. The van der Waals surface area contributed by atoms with Crippen LogP contribution in [-0.4, -0.2) is 48.6 Å². The molecule has 2 nitrogen and oxygen atoms in total. The molecule has 0 unspecified atom stereocenters. The Bertz CT molecular complexity index is 333. The molecule has 1 heterocycles. The van der Waals surface area contributed by atoms with E-state index in [1.807, 2.05) is 0 Å². The molecule has 0 radical (unpaired) electrons. The second kappa shape index (κ2) is 5.28. The minimum atomic E-state index is 0.711. The summed E-state index contributed by atoms with van der Waals surface area (Å²) in [6.45, 7) is 16.1. The predicted molar refractivity (Wildman–Crippen MR) is 85.9 cm³/mol. The van der Waals surface area contributed by atoms with E-state index in [1.165, 1.54) is 64.8 Å². The van der Waals surface area contributed by atoms with Gasteiger partial charge in [0.05, 0.1) is 0 Å². The fourth-order valence-corrected chi connectivity index (χ4v) is 5.41. The summed E-state index contributed by atoms with van der Waals surface area (Å²) in [6, 6.07) is 0.724. The van der Waals surface area contributed by atoms with E-state index in [4.69, 9.17) is 0 Å². The summed E-state index contributed by atoms with van der Waals surface area (Å²) >= 11 is 0. The Hall–Kier alpha value is -0.0800. The maximum atomic E-state index is 2.77. The topological polar surface area (TPSA) is 6.48 Å². The SMILES string of the molecule is CC(C)N1CCN(CC23CCCC(C(C)C)(C2)C3)CC1. The molecule has 2 heteroatoms. The van der Waals surface area contributed by atoms with Crippen molar-refractivity contribution in [3.05, 3.63) is 0 Å². The second-order valence-electron chi connectivity index (χ2n) is 8.63. The van der Waals surface area contributed by atoms with Gasteiger partial charge in [0.2, 0.25) is 0 Å². The zero-order valence-electron chi connectivity index (χ0n) is 14.1. The third-order valence-corrected chi connectivity index (χ3v) is 6.76. The van der Waals surface area contributed by atoms with Gasteiger partial charge in [0, 0.05) is 38.8 Å². The lowest BCUT2D eigenvalue weighted by Gasteiger charge is -2.64. The first kappa shape index (κ1) is 14.8. The van der Waals surface area contributed by atoms with Crippen molar-refractivity contribution in [3.8, 4) is 0 Å². The van der Waals surface area contributed by atoms with E-state index in [1.54, 1.807) is 0 Å². The molecule has 0 atom stereocenters. The number of fused-ring (bicyclic) bond motifs is 2. The van der Waals surface area contributed by atoms with Crippen molar-refractivity contribution in [2.45, 2.75) is 65.8 Å². The van der Waals surface area contributed by atoms with E-state index in [2.05, 4.69) is 37.5 Å². The number of nitrogens with zero attached hydrogens (tertiary/aromatic N) is 2. The fraction of sp³-hybridized carbons (Fsp3) is 1.00. The highest BCUT2D eigenvalue weighted by atomic mass is 15.3. The average Bonchev–Trinajstić information content (AvgIpc) is 2.38. The summed E-state index contributed by atoms with van der Waals surface area (Å²) in [6.07, 6.45) is 7.56. The Morgan fingerprint density at radius 2 is 1.55 bits per heavy atom. The largest absolute Gasteiger partial charge is 0.300 e. The first-order chi connectivity index (χ1) is 9.45. The number of hydrogen-bond donors (Lipinski definition) is 0. The van der Waals surface area contributed by atoms with Gasteiger partial charge in [-0.25, -0.2) is 0 Å². The molecule has 116 valence electrons. The van der Waals surface area contributed by atoms with Crippen LogP contribution in [0.3, 0.4) is 0 Å². The van der Waals surface area contributed by atoms with Crippen LogP contribution in [-0.2, 0) is 0 Å². The molecule has 4 fully saturated rings. The van der Waals surface area contributed by atoms with Crippen molar-refractivity contribution in [1.29, 1.82) is 0 Å². The summed E-state index contributed by atoms with van der Waals surface area (Å²) < 4.78 is 0. The molecule has 2 bridgehead atoms. The van der Waals surface area contributed by atoms with Crippen LogP contribution in [0.2, 0.25) is 0 Å². The number of rotatable bonds is 4. The zero-order valence-corrected chi connectivity index (χ0v) is 14.1. The third-order valence-electron chi connectivity index (χ3n) is 6.76. The molecule has 0 aromatic heterocycles. The van der Waals surface area contributed by atoms with Gasteiger partial charge in [0.1, 0.15) is 0 Å². The smallest absolute Gasteiger partial charge is 0.0113 e. The van der Waals surface area contributed by atoms with Gasteiger partial charge in [0.25, 0.3) is 0 Å². The highest BCUT2D eigenvalue weighted by molar-refractivity contribution is 5.09. The average molecular weight is 278 g/mol. The van der Waals surface area contributed by atoms with Gasteiger partial charge in [-0.15, -0.1) is 0 Å². The molecule has 0 aromatic rings. The third kappa shape index (κ3) is 2.54. The minimum Gasteiger partial charge on any atom is -0.300 e. The first-order valence-corrected chi connectivity index (χ1v) is 8.91. The van der Waals surface area contributed by atoms with Gasteiger partial charge in [-0.05, 0) is 56.3 Å². The maximum Gasteiger partial charge on any atom is 0.0113 e. The molecule has 0 aromatic carbocycles. The first-order valence-electron chi connectivity index (χ1n) is 8.91. The van der Waals surface area contributed by atoms with Crippen LogP contribution in [0.15, 0.2) is 0 Å². The monoisotopic (exact) mass is 278 g/mol. The van der Waals surface area contributed by atoms with Crippen LogP contribution in [0.1, 0.15) is 59.8 Å². The van der Waals surface area contributed by atoms with Crippen LogP contribution >= 0.6 is 0 Å². The van der Waals surface area contributed by atoms with Gasteiger partial charge in [-0.1, -0.05) is 20.3 Å². The molecule has 1 aliphatic heterocycles. The molecule has 1 saturated heterocycles. The van der Waals surface area contributed by atoms with Crippen LogP contribution in [0.25, 0.3) is 0 Å².